The lowest BCUT2D eigenvalue weighted by Gasteiger charge is -2.26. The molecule has 0 saturated heterocycles. The molecule has 0 aromatic heterocycles. The van der Waals surface area contributed by atoms with Gasteiger partial charge in [-0.25, -0.2) is 9.38 Å². The summed E-state index contributed by atoms with van der Waals surface area (Å²) < 4.78 is 58.0. The van der Waals surface area contributed by atoms with Crippen LogP contribution in [-0.4, -0.2) is 47.6 Å². The number of rotatable bonds is 5. The zero-order valence-corrected chi connectivity index (χ0v) is 11.8. The fourth-order valence-corrected chi connectivity index (χ4v) is 2.15. The third kappa shape index (κ3) is 5.36. The average molecular weight is 337 g/mol. The van der Waals surface area contributed by atoms with Crippen LogP contribution >= 0.6 is 0 Å². The molecule has 5 nitrogen and oxygen atoms in total. The number of aliphatic imine (C=N–C) groups is 1. The second-order valence-corrected chi connectivity index (χ2v) is 5.02. The van der Waals surface area contributed by atoms with Crippen molar-refractivity contribution in [2.24, 2.45) is 4.99 Å². The Bertz CT molecular complexity index is 564. The molecular weight excluding hydrogens is 322 g/mol. The van der Waals surface area contributed by atoms with Crippen molar-refractivity contribution in [2.75, 3.05) is 6.67 Å². The summed E-state index contributed by atoms with van der Waals surface area (Å²) in [5.41, 5.74) is 0.172. The zero-order valence-electron chi connectivity index (χ0n) is 11.8. The number of aliphatic hydroxyl groups is 2. The maximum absolute atomic E-state index is 12.4. The van der Waals surface area contributed by atoms with Gasteiger partial charge >= 0.3 is 6.36 Å². The Labute approximate surface area is 129 Å². The number of hydrogen-bond donors (Lipinski definition) is 2. The molecule has 0 saturated carbocycles. The fraction of sp³-hybridized carbons (Fsp3) is 0.500. The van der Waals surface area contributed by atoms with Gasteiger partial charge in [-0.05, 0) is 24.6 Å². The number of nitrogens with zero attached hydrogens (tertiary/aromatic N) is 1. The summed E-state index contributed by atoms with van der Waals surface area (Å²) in [4.78, 5) is 4.10. The standard InChI is InChI=1S/C14H15F4NO4/c15-7-10(20)5-9-6-12(21)22-13(19-9)8-2-1-3-11(4-8)23-14(16,17)18/h1-4,9-10,12,20-21H,5-7H2. The summed E-state index contributed by atoms with van der Waals surface area (Å²) in [5.74, 6) is -0.547. The smallest absolute Gasteiger partial charge is 0.448 e. The molecule has 3 atom stereocenters. The molecular formula is C14H15F4NO4. The number of alkyl halides is 4. The van der Waals surface area contributed by atoms with E-state index in [0.717, 1.165) is 12.1 Å². The highest BCUT2D eigenvalue weighted by molar-refractivity contribution is 5.95. The van der Waals surface area contributed by atoms with E-state index in [4.69, 9.17) is 4.74 Å². The third-order valence-electron chi connectivity index (χ3n) is 3.06. The minimum Gasteiger partial charge on any atom is -0.448 e. The normalized spacial score (nSPS) is 23.0. The monoisotopic (exact) mass is 337 g/mol. The van der Waals surface area contributed by atoms with Crippen LogP contribution in [0.15, 0.2) is 29.3 Å². The van der Waals surface area contributed by atoms with Crippen LogP contribution in [0.2, 0.25) is 0 Å². The first kappa shape index (κ1) is 17.5. The number of hydrogen-bond acceptors (Lipinski definition) is 5. The molecule has 1 aromatic carbocycles. The van der Waals surface area contributed by atoms with Crippen molar-refractivity contribution in [3.8, 4) is 5.75 Å². The lowest BCUT2D eigenvalue weighted by molar-refractivity contribution is -0.274. The summed E-state index contributed by atoms with van der Waals surface area (Å²) in [7, 11) is 0. The van der Waals surface area contributed by atoms with Crippen molar-refractivity contribution in [2.45, 2.75) is 37.6 Å². The second kappa shape index (κ2) is 7.14. The molecule has 23 heavy (non-hydrogen) atoms. The fourth-order valence-electron chi connectivity index (χ4n) is 2.15. The van der Waals surface area contributed by atoms with Crippen molar-refractivity contribution < 1.29 is 37.2 Å². The van der Waals surface area contributed by atoms with Gasteiger partial charge < -0.3 is 19.7 Å². The third-order valence-corrected chi connectivity index (χ3v) is 3.06. The molecule has 0 aliphatic carbocycles. The molecule has 0 radical (unpaired) electrons. The van der Waals surface area contributed by atoms with Gasteiger partial charge in [0.15, 0.2) is 0 Å². The van der Waals surface area contributed by atoms with Crippen LogP contribution in [0.25, 0.3) is 0 Å². The minimum absolute atomic E-state index is 0.0286. The van der Waals surface area contributed by atoms with Crippen LogP contribution in [0.4, 0.5) is 17.6 Å². The van der Waals surface area contributed by atoms with E-state index in [9.17, 15) is 27.8 Å². The first-order valence-electron chi connectivity index (χ1n) is 6.79. The van der Waals surface area contributed by atoms with Crippen molar-refractivity contribution in [1.82, 2.24) is 0 Å². The van der Waals surface area contributed by atoms with Gasteiger partial charge in [-0.2, -0.15) is 0 Å². The van der Waals surface area contributed by atoms with Gasteiger partial charge in [0.05, 0.1) is 12.1 Å². The molecule has 2 N–H and O–H groups in total. The Balaban J connectivity index is 2.20. The molecule has 128 valence electrons. The summed E-state index contributed by atoms with van der Waals surface area (Å²) in [5, 5.41) is 19.0. The molecule has 1 aliphatic heterocycles. The Morgan fingerprint density at radius 1 is 1.39 bits per heavy atom. The summed E-state index contributed by atoms with van der Waals surface area (Å²) in [6, 6.07) is 4.32. The van der Waals surface area contributed by atoms with Crippen LogP contribution in [0.1, 0.15) is 18.4 Å². The van der Waals surface area contributed by atoms with Crippen LogP contribution in [-0.2, 0) is 4.74 Å². The van der Waals surface area contributed by atoms with Crippen LogP contribution in [0, 0.1) is 0 Å². The van der Waals surface area contributed by atoms with E-state index in [2.05, 4.69) is 9.73 Å². The van der Waals surface area contributed by atoms with Crippen molar-refractivity contribution in [3.05, 3.63) is 29.8 Å². The van der Waals surface area contributed by atoms with E-state index < -0.39 is 37.2 Å². The molecule has 0 bridgehead atoms. The molecule has 1 heterocycles. The number of ether oxygens (including phenoxy) is 2. The number of aliphatic hydroxyl groups excluding tert-OH is 2. The lowest BCUT2D eigenvalue weighted by Crippen LogP contribution is -2.32. The topological polar surface area (TPSA) is 71.3 Å². The van der Waals surface area contributed by atoms with E-state index in [1.807, 2.05) is 0 Å². The number of halogens is 4. The van der Waals surface area contributed by atoms with Crippen molar-refractivity contribution in [1.29, 1.82) is 0 Å². The maximum atomic E-state index is 12.4. The zero-order chi connectivity index (χ0) is 17.0. The molecule has 0 fully saturated rings. The lowest BCUT2D eigenvalue weighted by atomic mass is 10.1. The van der Waals surface area contributed by atoms with Crippen LogP contribution in [0.3, 0.4) is 0 Å². The van der Waals surface area contributed by atoms with Crippen LogP contribution in [0.5, 0.6) is 5.75 Å². The highest BCUT2D eigenvalue weighted by Gasteiger charge is 2.31. The maximum Gasteiger partial charge on any atom is 0.573 e. The van der Waals surface area contributed by atoms with E-state index in [-0.39, 0.29) is 24.3 Å². The van der Waals surface area contributed by atoms with Gasteiger partial charge in [0.25, 0.3) is 0 Å². The largest absolute Gasteiger partial charge is 0.573 e. The minimum atomic E-state index is -4.83. The quantitative estimate of drug-likeness (QED) is 0.808. The Hall–Kier alpha value is -1.87. The molecule has 2 rings (SSSR count). The molecule has 1 aromatic rings. The SMILES string of the molecule is OC(CF)CC1CC(O)OC(c2cccc(OC(F)(F)F)c2)=N1. The molecule has 1 aliphatic rings. The van der Waals surface area contributed by atoms with Gasteiger partial charge in [0.2, 0.25) is 12.2 Å². The van der Waals surface area contributed by atoms with E-state index in [1.54, 1.807) is 0 Å². The average Bonchev–Trinajstić information content (AvgIpc) is 2.45. The Morgan fingerprint density at radius 2 is 2.13 bits per heavy atom. The van der Waals surface area contributed by atoms with Gasteiger partial charge in [-0.3, -0.25) is 0 Å². The molecule has 0 amide bonds. The number of benzene rings is 1. The molecule has 0 spiro atoms. The van der Waals surface area contributed by atoms with E-state index in [0.29, 0.717) is 0 Å². The van der Waals surface area contributed by atoms with Crippen LogP contribution < -0.4 is 4.74 Å². The van der Waals surface area contributed by atoms with Gasteiger partial charge in [-0.1, -0.05) is 6.07 Å². The van der Waals surface area contributed by atoms with Gasteiger partial charge in [0.1, 0.15) is 12.4 Å². The van der Waals surface area contributed by atoms with E-state index >= 15 is 0 Å². The predicted octanol–water partition coefficient (Wildman–Crippen LogP) is 2.16. The van der Waals surface area contributed by atoms with Gasteiger partial charge in [-0.15, -0.1) is 13.2 Å². The summed E-state index contributed by atoms with van der Waals surface area (Å²) in [6.45, 7) is -0.951. The van der Waals surface area contributed by atoms with Gasteiger partial charge in [0, 0.05) is 12.0 Å². The Morgan fingerprint density at radius 3 is 2.78 bits per heavy atom. The highest BCUT2D eigenvalue weighted by atomic mass is 19.4. The van der Waals surface area contributed by atoms with Crippen molar-refractivity contribution in [3.63, 3.8) is 0 Å². The Kier molecular flexibility index (Phi) is 5.42. The first-order chi connectivity index (χ1) is 10.8. The first-order valence-corrected chi connectivity index (χ1v) is 6.79. The summed E-state index contributed by atoms with van der Waals surface area (Å²) >= 11 is 0. The highest BCUT2D eigenvalue weighted by Crippen LogP contribution is 2.26. The molecule has 9 heteroatoms. The summed E-state index contributed by atoms with van der Waals surface area (Å²) in [6.07, 6.45) is -7.28. The van der Waals surface area contributed by atoms with E-state index in [1.165, 1.54) is 12.1 Å². The van der Waals surface area contributed by atoms with Crippen molar-refractivity contribution >= 4 is 5.90 Å². The predicted molar refractivity (Wildman–Crippen MR) is 71.8 cm³/mol. The molecule has 3 unspecified atom stereocenters. The second-order valence-electron chi connectivity index (χ2n) is 5.02.